The third kappa shape index (κ3) is 4.75. The van der Waals surface area contributed by atoms with Gasteiger partial charge in [-0.15, -0.1) is 0 Å². The monoisotopic (exact) mass is 282 g/mol. The zero-order valence-electron chi connectivity index (χ0n) is 12.3. The molecule has 0 saturated carbocycles. The number of halogens is 1. The highest BCUT2D eigenvalue weighted by molar-refractivity contribution is 6.31. The van der Waals surface area contributed by atoms with Gasteiger partial charge in [0.05, 0.1) is 5.56 Å². The Balaban J connectivity index is 2.97. The third-order valence-electron chi connectivity index (χ3n) is 2.85. The van der Waals surface area contributed by atoms with Crippen LogP contribution in [0.15, 0.2) is 18.2 Å². The van der Waals surface area contributed by atoms with Crippen molar-refractivity contribution in [1.29, 1.82) is 0 Å². The fraction of sp³-hybridized carbons (Fsp3) is 0.533. The quantitative estimate of drug-likeness (QED) is 0.889. The maximum Gasteiger partial charge on any atom is 0.255 e. The molecular formula is C15H23ClN2O. The molecule has 106 valence electrons. The van der Waals surface area contributed by atoms with E-state index in [9.17, 15) is 4.79 Å². The molecule has 0 aliphatic rings. The maximum absolute atomic E-state index is 12.1. The van der Waals surface area contributed by atoms with E-state index in [1.807, 2.05) is 6.07 Å². The molecule has 4 heteroatoms. The van der Waals surface area contributed by atoms with Crippen LogP contribution >= 0.6 is 11.6 Å². The summed E-state index contributed by atoms with van der Waals surface area (Å²) in [6.07, 6.45) is 1.04. The summed E-state index contributed by atoms with van der Waals surface area (Å²) in [5, 5.41) is 4.02. The van der Waals surface area contributed by atoms with Crippen molar-refractivity contribution in [3.05, 3.63) is 28.8 Å². The first-order chi connectivity index (χ1) is 8.81. The van der Waals surface area contributed by atoms with E-state index in [2.05, 4.69) is 26.1 Å². The third-order valence-corrected chi connectivity index (χ3v) is 3.08. The summed E-state index contributed by atoms with van der Waals surface area (Å²) in [7, 11) is 3.50. The Morgan fingerprint density at radius 2 is 1.95 bits per heavy atom. The molecule has 0 aliphatic heterocycles. The van der Waals surface area contributed by atoms with E-state index < -0.39 is 0 Å². The van der Waals surface area contributed by atoms with E-state index in [1.165, 1.54) is 0 Å². The van der Waals surface area contributed by atoms with E-state index in [4.69, 9.17) is 11.6 Å². The smallest absolute Gasteiger partial charge is 0.255 e. The summed E-state index contributed by atoms with van der Waals surface area (Å²) in [6.45, 7) is 6.48. The Kier molecular flexibility index (Phi) is 5.67. The normalized spacial score (nSPS) is 12.4. The molecule has 0 radical (unpaired) electrons. The van der Waals surface area contributed by atoms with Gasteiger partial charge in [0.2, 0.25) is 0 Å². The largest absolute Gasteiger partial charge is 0.382 e. The van der Waals surface area contributed by atoms with Gasteiger partial charge in [0.1, 0.15) is 0 Å². The number of hydrogen-bond donors (Lipinski definition) is 1. The SMILES string of the molecule is CC(C)CC(C)Nc1cc(Cl)ccc1C(=O)N(C)C. The minimum Gasteiger partial charge on any atom is -0.382 e. The van der Waals surface area contributed by atoms with Crippen LogP contribution in [0.3, 0.4) is 0 Å². The molecule has 1 N–H and O–H groups in total. The highest BCUT2D eigenvalue weighted by atomic mass is 35.5. The van der Waals surface area contributed by atoms with Crippen molar-refractivity contribution in [3.63, 3.8) is 0 Å². The number of hydrogen-bond acceptors (Lipinski definition) is 2. The first kappa shape index (κ1) is 15.8. The van der Waals surface area contributed by atoms with Gasteiger partial charge in [-0.2, -0.15) is 0 Å². The van der Waals surface area contributed by atoms with Gasteiger partial charge in [0.15, 0.2) is 0 Å². The average Bonchev–Trinajstić information content (AvgIpc) is 2.26. The predicted octanol–water partition coefficient (Wildman–Crippen LogP) is 3.89. The van der Waals surface area contributed by atoms with Crippen molar-refractivity contribution in [1.82, 2.24) is 4.90 Å². The van der Waals surface area contributed by atoms with E-state index in [-0.39, 0.29) is 5.91 Å². The lowest BCUT2D eigenvalue weighted by Gasteiger charge is -2.21. The Labute approximate surface area is 120 Å². The van der Waals surface area contributed by atoms with Gasteiger partial charge >= 0.3 is 0 Å². The van der Waals surface area contributed by atoms with Crippen molar-refractivity contribution in [2.45, 2.75) is 33.2 Å². The molecule has 1 amide bonds. The second-order valence-electron chi connectivity index (χ2n) is 5.56. The average molecular weight is 283 g/mol. The Morgan fingerprint density at radius 1 is 1.32 bits per heavy atom. The number of carbonyl (C=O) groups excluding carboxylic acids is 1. The van der Waals surface area contributed by atoms with Crippen LogP contribution in [0.25, 0.3) is 0 Å². The molecule has 1 aromatic rings. The molecule has 0 spiro atoms. The van der Waals surface area contributed by atoms with Crippen LogP contribution in [-0.2, 0) is 0 Å². The number of benzene rings is 1. The molecule has 0 bridgehead atoms. The minimum atomic E-state index is -0.0177. The number of carbonyl (C=O) groups is 1. The second-order valence-corrected chi connectivity index (χ2v) is 6.00. The van der Waals surface area contributed by atoms with Gasteiger partial charge in [-0.05, 0) is 37.5 Å². The lowest BCUT2D eigenvalue weighted by molar-refractivity contribution is 0.0828. The van der Waals surface area contributed by atoms with Crippen molar-refractivity contribution >= 4 is 23.2 Å². The molecule has 0 heterocycles. The summed E-state index contributed by atoms with van der Waals surface area (Å²) in [5.74, 6) is 0.589. The summed E-state index contributed by atoms with van der Waals surface area (Å²) in [5.41, 5.74) is 1.46. The summed E-state index contributed by atoms with van der Waals surface area (Å²) < 4.78 is 0. The van der Waals surface area contributed by atoms with Gasteiger partial charge in [-0.1, -0.05) is 25.4 Å². The van der Waals surface area contributed by atoms with Crippen molar-refractivity contribution in [2.75, 3.05) is 19.4 Å². The minimum absolute atomic E-state index is 0.0177. The molecule has 1 rings (SSSR count). The van der Waals surface area contributed by atoms with Crippen LogP contribution in [0, 0.1) is 5.92 Å². The van der Waals surface area contributed by atoms with Crippen LogP contribution < -0.4 is 5.32 Å². The fourth-order valence-corrected chi connectivity index (χ4v) is 2.27. The highest BCUT2D eigenvalue weighted by Gasteiger charge is 2.15. The molecule has 0 aromatic heterocycles. The van der Waals surface area contributed by atoms with Gasteiger partial charge in [-0.25, -0.2) is 0 Å². The zero-order chi connectivity index (χ0) is 14.6. The molecule has 3 nitrogen and oxygen atoms in total. The number of rotatable bonds is 5. The highest BCUT2D eigenvalue weighted by Crippen LogP contribution is 2.24. The molecule has 1 atom stereocenters. The van der Waals surface area contributed by atoms with Crippen molar-refractivity contribution in [3.8, 4) is 0 Å². The zero-order valence-corrected chi connectivity index (χ0v) is 13.1. The Morgan fingerprint density at radius 3 is 2.47 bits per heavy atom. The van der Waals surface area contributed by atoms with Crippen molar-refractivity contribution in [2.24, 2.45) is 5.92 Å². The molecule has 19 heavy (non-hydrogen) atoms. The van der Waals surface area contributed by atoms with E-state index >= 15 is 0 Å². The number of nitrogens with zero attached hydrogens (tertiary/aromatic N) is 1. The lowest BCUT2D eigenvalue weighted by atomic mass is 10.0. The Hall–Kier alpha value is -1.22. The maximum atomic E-state index is 12.1. The van der Waals surface area contributed by atoms with E-state index in [1.54, 1.807) is 31.1 Å². The van der Waals surface area contributed by atoms with Gasteiger partial charge in [0, 0.05) is 30.8 Å². The summed E-state index contributed by atoms with van der Waals surface area (Å²) in [6, 6.07) is 5.63. The number of anilines is 1. The van der Waals surface area contributed by atoms with Crippen LogP contribution in [0.2, 0.25) is 5.02 Å². The first-order valence-corrected chi connectivity index (χ1v) is 6.96. The fourth-order valence-electron chi connectivity index (χ4n) is 2.09. The van der Waals surface area contributed by atoms with Gasteiger partial charge in [-0.3, -0.25) is 4.79 Å². The van der Waals surface area contributed by atoms with E-state index in [0.29, 0.717) is 22.5 Å². The topological polar surface area (TPSA) is 32.3 Å². The van der Waals surface area contributed by atoms with E-state index in [0.717, 1.165) is 12.1 Å². The van der Waals surface area contributed by atoms with Crippen LogP contribution in [0.1, 0.15) is 37.6 Å². The van der Waals surface area contributed by atoms with Crippen LogP contribution in [0.5, 0.6) is 0 Å². The second kappa shape index (κ2) is 6.80. The van der Waals surface area contributed by atoms with Gasteiger partial charge < -0.3 is 10.2 Å². The van der Waals surface area contributed by atoms with Gasteiger partial charge in [0.25, 0.3) is 5.91 Å². The molecule has 0 aliphatic carbocycles. The molecule has 0 fully saturated rings. The van der Waals surface area contributed by atoms with Crippen molar-refractivity contribution < 1.29 is 4.79 Å². The lowest BCUT2D eigenvalue weighted by Crippen LogP contribution is -2.25. The molecular weight excluding hydrogens is 260 g/mol. The summed E-state index contributed by atoms with van der Waals surface area (Å²) >= 11 is 6.03. The number of nitrogens with one attached hydrogen (secondary N) is 1. The standard InChI is InChI=1S/C15H23ClN2O/c1-10(2)8-11(3)17-14-9-12(16)6-7-13(14)15(19)18(4)5/h6-7,9-11,17H,8H2,1-5H3. The number of amides is 1. The molecule has 1 aromatic carbocycles. The summed E-state index contributed by atoms with van der Waals surface area (Å²) in [4.78, 5) is 13.7. The first-order valence-electron chi connectivity index (χ1n) is 6.59. The van der Waals surface area contributed by atoms with Crippen LogP contribution in [-0.4, -0.2) is 30.9 Å². The molecule has 1 unspecified atom stereocenters. The predicted molar refractivity (Wildman–Crippen MR) is 82.0 cm³/mol. The Bertz CT molecular complexity index is 444. The van der Waals surface area contributed by atoms with Crippen LogP contribution in [0.4, 0.5) is 5.69 Å². The molecule has 0 saturated heterocycles.